The molecule has 1 aromatic carbocycles. The molecule has 0 atom stereocenters. The van der Waals surface area contributed by atoms with Gasteiger partial charge in [0.2, 0.25) is 0 Å². The van der Waals surface area contributed by atoms with Gasteiger partial charge in [0.1, 0.15) is 0 Å². The molecule has 0 heterocycles. The van der Waals surface area contributed by atoms with Gasteiger partial charge in [0.15, 0.2) is 0 Å². The smallest absolute Gasteiger partial charge is 0.0247 e. The van der Waals surface area contributed by atoms with Crippen LogP contribution in [0, 0.1) is 18.8 Å². The zero-order chi connectivity index (χ0) is 9.52. The molecule has 0 bridgehead atoms. The molecule has 13 heavy (non-hydrogen) atoms. The maximum Gasteiger partial charge on any atom is 0.0247 e. The molecule has 0 aromatic heterocycles. The predicted octanol–water partition coefficient (Wildman–Crippen LogP) is 1.96. The fourth-order valence-corrected chi connectivity index (χ4v) is 1.07. The first kappa shape index (κ1) is 9.83. The second kappa shape index (κ2) is 5.40. The maximum atomic E-state index is 3.13. The van der Waals surface area contributed by atoms with E-state index in [9.17, 15) is 0 Å². The molecule has 0 radical (unpaired) electrons. The second-order valence-electron chi connectivity index (χ2n) is 3.02. The molecule has 0 unspecified atom stereocenters. The number of rotatable bonds is 2. The molecule has 0 aliphatic heterocycles. The minimum Gasteiger partial charge on any atom is -0.319 e. The van der Waals surface area contributed by atoms with Crippen LogP contribution < -0.4 is 5.32 Å². The van der Waals surface area contributed by atoms with Crippen LogP contribution in [0.1, 0.15) is 17.5 Å². The first-order valence-electron chi connectivity index (χ1n) is 4.53. The topological polar surface area (TPSA) is 12.0 Å². The van der Waals surface area contributed by atoms with Crippen LogP contribution in [0.2, 0.25) is 0 Å². The maximum absolute atomic E-state index is 3.13. The molecule has 1 aromatic rings. The lowest BCUT2D eigenvalue weighted by Gasteiger charge is -1.92. The van der Waals surface area contributed by atoms with Crippen LogP contribution in [0.25, 0.3) is 0 Å². The van der Waals surface area contributed by atoms with Crippen molar-refractivity contribution in [3.8, 4) is 11.8 Å². The van der Waals surface area contributed by atoms with Crippen LogP contribution in [-0.2, 0) is 0 Å². The highest BCUT2D eigenvalue weighted by atomic mass is 14.8. The zero-order valence-electron chi connectivity index (χ0n) is 8.22. The van der Waals surface area contributed by atoms with Gasteiger partial charge in [-0.05, 0) is 31.7 Å². The van der Waals surface area contributed by atoms with Crippen molar-refractivity contribution in [2.24, 2.45) is 0 Å². The molecule has 68 valence electrons. The summed E-state index contributed by atoms with van der Waals surface area (Å²) < 4.78 is 0. The summed E-state index contributed by atoms with van der Waals surface area (Å²) in [5.74, 6) is 6.25. The van der Waals surface area contributed by atoms with Gasteiger partial charge < -0.3 is 5.32 Å². The first-order chi connectivity index (χ1) is 6.33. The predicted molar refractivity (Wildman–Crippen MR) is 56.6 cm³/mol. The van der Waals surface area contributed by atoms with E-state index < -0.39 is 0 Å². The van der Waals surface area contributed by atoms with Crippen LogP contribution in [0.3, 0.4) is 0 Å². The molecule has 0 fully saturated rings. The summed E-state index contributed by atoms with van der Waals surface area (Å²) >= 11 is 0. The Morgan fingerprint density at radius 2 is 2.23 bits per heavy atom. The minimum absolute atomic E-state index is 0.907. The molecule has 1 nitrogen and oxygen atoms in total. The van der Waals surface area contributed by atoms with Crippen LogP contribution in [0.15, 0.2) is 24.3 Å². The van der Waals surface area contributed by atoms with Crippen molar-refractivity contribution >= 4 is 0 Å². The second-order valence-corrected chi connectivity index (χ2v) is 3.02. The molecule has 1 heteroatoms. The fourth-order valence-electron chi connectivity index (χ4n) is 1.07. The largest absolute Gasteiger partial charge is 0.319 e. The molecule has 0 aliphatic carbocycles. The van der Waals surface area contributed by atoms with Gasteiger partial charge in [-0.2, -0.15) is 0 Å². The summed E-state index contributed by atoms with van der Waals surface area (Å²) in [6.07, 6.45) is 0.907. The van der Waals surface area contributed by atoms with E-state index in [0.717, 1.165) is 18.5 Å². The normalized spacial score (nSPS) is 9.08. The first-order valence-corrected chi connectivity index (χ1v) is 4.53. The molecule has 1 N–H and O–H groups in total. The number of aryl methyl sites for hydroxylation is 1. The molecule has 0 aliphatic rings. The van der Waals surface area contributed by atoms with Crippen molar-refractivity contribution in [3.63, 3.8) is 0 Å². The van der Waals surface area contributed by atoms with Crippen LogP contribution in [0.5, 0.6) is 0 Å². The van der Waals surface area contributed by atoms with Crippen molar-refractivity contribution in [2.75, 3.05) is 13.6 Å². The van der Waals surface area contributed by atoms with Gasteiger partial charge in [-0.25, -0.2) is 0 Å². The summed E-state index contributed by atoms with van der Waals surface area (Å²) in [5, 5.41) is 3.06. The van der Waals surface area contributed by atoms with Gasteiger partial charge in [0, 0.05) is 18.5 Å². The van der Waals surface area contributed by atoms with Gasteiger partial charge in [0.05, 0.1) is 0 Å². The third-order valence-corrected chi connectivity index (χ3v) is 1.75. The summed E-state index contributed by atoms with van der Waals surface area (Å²) in [6.45, 7) is 3.04. The van der Waals surface area contributed by atoms with E-state index in [0.29, 0.717) is 0 Å². The van der Waals surface area contributed by atoms with E-state index in [2.05, 4.69) is 36.2 Å². The minimum atomic E-state index is 0.907. The fraction of sp³-hybridized carbons (Fsp3) is 0.333. The van der Waals surface area contributed by atoms with Crippen molar-refractivity contribution in [3.05, 3.63) is 35.4 Å². The van der Waals surface area contributed by atoms with E-state index in [1.165, 1.54) is 5.56 Å². The lowest BCUT2D eigenvalue weighted by atomic mass is 10.1. The van der Waals surface area contributed by atoms with Gasteiger partial charge in [-0.1, -0.05) is 24.0 Å². The Bertz CT molecular complexity index is 317. The molecular formula is C12H15N. The summed E-state index contributed by atoms with van der Waals surface area (Å²) in [7, 11) is 1.94. The van der Waals surface area contributed by atoms with Crippen molar-refractivity contribution in [2.45, 2.75) is 13.3 Å². The van der Waals surface area contributed by atoms with Gasteiger partial charge in [-0.3, -0.25) is 0 Å². The summed E-state index contributed by atoms with van der Waals surface area (Å²) in [4.78, 5) is 0. The van der Waals surface area contributed by atoms with Gasteiger partial charge in [0.25, 0.3) is 0 Å². The number of hydrogen-bond acceptors (Lipinski definition) is 1. The Hall–Kier alpha value is -1.26. The lowest BCUT2D eigenvalue weighted by Crippen LogP contribution is -2.05. The third kappa shape index (κ3) is 3.78. The molecule has 0 spiro atoms. The van der Waals surface area contributed by atoms with Crippen LogP contribution in [-0.4, -0.2) is 13.6 Å². The number of nitrogens with one attached hydrogen (secondary N) is 1. The number of benzene rings is 1. The molecule has 0 saturated heterocycles. The van der Waals surface area contributed by atoms with Crippen LogP contribution in [0.4, 0.5) is 0 Å². The van der Waals surface area contributed by atoms with Gasteiger partial charge in [-0.15, -0.1) is 0 Å². The standard InChI is InChI=1S/C12H15N/c1-11-6-5-8-12(10-11)7-3-4-9-13-2/h5-6,8,10,13H,4,9H2,1-2H3. The Morgan fingerprint density at radius 1 is 1.38 bits per heavy atom. The Labute approximate surface area is 80.2 Å². The average molecular weight is 173 g/mol. The summed E-state index contributed by atoms with van der Waals surface area (Å²) in [6, 6.07) is 8.27. The van der Waals surface area contributed by atoms with Crippen molar-refractivity contribution in [1.82, 2.24) is 5.32 Å². The highest BCUT2D eigenvalue weighted by Gasteiger charge is 1.85. The van der Waals surface area contributed by atoms with E-state index in [-0.39, 0.29) is 0 Å². The monoisotopic (exact) mass is 173 g/mol. The quantitative estimate of drug-likeness (QED) is 0.532. The summed E-state index contributed by atoms with van der Waals surface area (Å²) in [5.41, 5.74) is 2.37. The Kier molecular flexibility index (Phi) is 4.08. The highest BCUT2D eigenvalue weighted by molar-refractivity contribution is 5.36. The Morgan fingerprint density at radius 3 is 2.92 bits per heavy atom. The third-order valence-electron chi connectivity index (χ3n) is 1.75. The van der Waals surface area contributed by atoms with Crippen molar-refractivity contribution < 1.29 is 0 Å². The average Bonchev–Trinajstić information content (AvgIpc) is 2.13. The SMILES string of the molecule is CNCCC#Cc1cccc(C)c1. The Balaban J connectivity index is 2.56. The zero-order valence-corrected chi connectivity index (χ0v) is 8.22. The van der Waals surface area contributed by atoms with Crippen LogP contribution >= 0.6 is 0 Å². The molecular weight excluding hydrogens is 158 g/mol. The van der Waals surface area contributed by atoms with E-state index in [1.54, 1.807) is 0 Å². The van der Waals surface area contributed by atoms with Gasteiger partial charge >= 0.3 is 0 Å². The van der Waals surface area contributed by atoms with Crippen molar-refractivity contribution in [1.29, 1.82) is 0 Å². The molecule has 1 rings (SSSR count). The van der Waals surface area contributed by atoms with E-state index in [4.69, 9.17) is 0 Å². The molecule has 0 saturated carbocycles. The lowest BCUT2D eigenvalue weighted by molar-refractivity contribution is 0.818. The highest BCUT2D eigenvalue weighted by Crippen LogP contribution is 2.01. The van der Waals surface area contributed by atoms with E-state index in [1.807, 2.05) is 19.2 Å². The molecule has 0 amide bonds. The van der Waals surface area contributed by atoms with E-state index >= 15 is 0 Å². The number of hydrogen-bond donors (Lipinski definition) is 1.